The zero-order valence-electron chi connectivity index (χ0n) is 15.8. The van der Waals surface area contributed by atoms with Crippen molar-refractivity contribution in [2.45, 2.75) is 44.3 Å². The highest BCUT2D eigenvalue weighted by Crippen LogP contribution is 2.30. The molecule has 4 rings (SSSR count). The van der Waals surface area contributed by atoms with Crippen molar-refractivity contribution in [2.75, 3.05) is 50.9 Å². The number of hydrogen-bond donors (Lipinski definition) is 0. The number of pyridine rings is 1. The first kappa shape index (κ1) is 18.5. The van der Waals surface area contributed by atoms with Crippen LogP contribution in [0.15, 0.2) is 18.3 Å². The van der Waals surface area contributed by atoms with Crippen LogP contribution in [0.2, 0.25) is 0 Å². The van der Waals surface area contributed by atoms with Gasteiger partial charge < -0.3 is 24.0 Å². The smallest absolute Gasteiger partial charge is 0.248 e. The van der Waals surface area contributed by atoms with Crippen LogP contribution in [0.5, 0.6) is 5.75 Å². The lowest BCUT2D eigenvalue weighted by atomic mass is 10.2. The van der Waals surface area contributed by atoms with Crippen molar-refractivity contribution in [3.8, 4) is 5.75 Å². The molecule has 27 heavy (non-hydrogen) atoms. The average Bonchev–Trinajstić information content (AvgIpc) is 3.45. The van der Waals surface area contributed by atoms with Gasteiger partial charge in [0.2, 0.25) is 5.91 Å². The summed E-state index contributed by atoms with van der Waals surface area (Å²) in [7, 11) is 0. The fourth-order valence-corrected chi connectivity index (χ4v) is 4.02. The second kappa shape index (κ2) is 8.89. The van der Waals surface area contributed by atoms with Gasteiger partial charge in [-0.15, -0.1) is 0 Å². The van der Waals surface area contributed by atoms with Crippen LogP contribution < -0.4 is 9.64 Å². The Kier molecular flexibility index (Phi) is 6.09. The summed E-state index contributed by atoms with van der Waals surface area (Å²) in [5.74, 6) is 1.79. The first-order valence-electron chi connectivity index (χ1n) is 10.1. The van der Waals surface area contributed by atoms with Gasteiger partial charge in [0.25, 0.3) is 0 Å². The van der Waals surface area contributed by atoms with Crippen molar-refractivity contribution < 1.29 is 19.0 Å². The van der Waals surface area contributed by atoms with Crippen molar-refractivity contribution in [2.24, 2.45) is 0 Å². The average molecular weight is 375 g/mol. The van der Waals surface area contributed by atoms with Crippen molar-refractivity contribution in [3.63, 3.8) is 0 Å². The molecule has 2 atom stereocenters. The van der Waals surface area contributed by atoms with Gasteiger partial charge in [0, 0.05) is 38.9 Å². The Hall–Kier alpha value is -1.86. The third-order valence-corrected chi connectivity index (χ3v) is 5.50. The van der Waals surface area contributed by atoms with E-state index in [4.69, 9.17) is 14.2 Å². The second-order valence-electron chi connectivity index (χ2n) is 7.54. The third kappa shape index (κ3) is 4.71. The SMILES string of the molecule is O=C(COC[C@@H]1CCCO1)N1CC[C@@H](Oc2cccnc2N2CCCC2)C1. The van der Waals surface area contributed by atoms with E-state index in [1.165, 1.54) is 12.8 Å². The Balaban J connectivity index is 1.25. The maximum absolute atomic E-state index is 12.4. The van der Waals surface area contributed by atoms with E-state index in [0.29, 0.717) is 19.7 Å². The van der Waals surface area contributed by atoms with Crippen LogP contribution in [0.25, 0.3) is 0 Å². The van der Waals surface area contributed by atoms with Gasteiger partial charge in [0.1, 0.15) is 12.7 Å². The molecule has 1 amide bonds. The minimum Gasteiger partial charge on any atom is -0.485 e. The van der Waals surface area contributed by atoms with Gasteiger partial charge in [0.15, 0.2) is 11.6 Å². The predicted octanol–water partition coefficient (Wildman–Crippen LogP) is 1.86. The summed E-state index contributed by atoms with van der Waals surface area (Å²) < 4.78 is 17.3. The Morgan fingerprint density at radius 2 is 2.11 bits per heavy atom. The highest BCUT2D eigenvalue weighted by Gasteiger charge is 2.29. The molecule has 0 N–H and O–H groups in total. The molecule has 0 spiro atoms. The molecule has 0 aliphatic carbocycles. The fraction of sp³-hybridized carbons (Fsp3) is 0.700. The molecule has 3 aliphatic heterocycles. The first-order valence-corrected chi connectivity index (χ1v) is 10.1. The molecule has 3 aliphatic rings. The summed E-state index contributed by atoms with van der Waals surface area (Å²) in [6.45, 7) is 4.83. The molecule has 4 heterocycles. The molecule has 0 bridgehead atoms. The summed E-state index contributed by atoms with van der Waals surface area (Å²) in [4.78, 5) is 21.0. The largest absolute Gasteiger partial charge is 0.485 e. The number of aromatic nitrogens is 1. The number of likely N-dealkylation sites (tertiary alicyclic amines) is 1. The van der Waals surface area contributed by atoms with Crippen molar-refractivity contribution in [3.05, 3.63) is 18.3 Å². The maximum atomic E-state index is 12.4. The Morgan fingerprint density at radius 3 is 2.93 bits per heavy atom. The van der Waals surface area contributed by atoms with E-state index in [2.05, 4.69) is 9.88 Å². The highest BCUT2D eigenvalue weighted by molar-refractivity contribution is 5.77. The van der Waals surface area contributed by atoms with E-state index in [9.17, 15) is 4.79 Å². The second-order valence-corrected chi connectivity index (χ2v) is 7.54. The molecule has 7 nitrogen and oxygen atoms in total. The van der Waals surface area contributed by atoms with Crippen LogP contribution in [-0.2, 0) is 14.3 Å². The van der Waals surface area contributed by atoms with Crippen LogP contribution >= 0.6 is 0 Å². The van der Waals surface area contributed by atoms with E-state index < -0.39 is 0 Å². The normalized spacial score (nSPS) is 25.3. The van der Waals surface area contributed by atoms with Gasteiger partial charge in [-0.05, 0) is 37.8 Å². The molecule has 3 fully saturated rings. The molecule has 0 aromatic carbocycles. The summed E-state index contributed by atoms with van der Waals surface area (Å²) >= 11 is 0. The monoisotopic (exact) mass is 375 g/mol. The highest BCUT2D eigenvalue weighted by atomic mass is 16.5. The van der Waals surface area contributed by atoms with E-state index in [-0.39, 0.29) is 24.7 Å². The summed E-state index contributed by atoms with van der Waals surface area (Å²) in [5, 5.41) is 0. The van der Waals surface area contributed by atoms with Crippen LogP contribution in [0, 0.1) is 0 Å². The lowest BCUT2D eigenvalue weighted by Crippen LogP contribution is -2.34. The van der Waals surface area contributed by atoms with Gasteiger partial charge in [-0.2, -0.15) is 0 Å². The number of carbonyl (C=O) groups excluding carboxylic acids is 1. The number of anilines is 1. The lowest BCUT2D eigenvalue weighted by molar-refractivity contribution is -0.136. The van der Waals surface area contributed by atoms with Gasteiger partial charge in [0.05, 0.1) is 19.3 Å². The molecular weight excluding hydrogens is 346 g/mol. The summed E-state index contributed by atoms with van der Waals surface area (Å²) in [6, 6.07) is 3.89. The molecule has 0 saturated carbocycles. The van der Waals surface area contributed by atoms with Crippen LogP contribution in [-0.4, -0.2) is 74.0 Å². The van der Waals surface area contributed by atoms with E-state index >= 15 is 0 Å². The van der Waals surface area contributed by atoms with Crippen LogP contribution in [0.3, 0.4) is 0 Å². The Bertz CT molecular complexity index is 629. The van der Waals surface area contributed by atoms with Gasteiger partial charge in [-0.3, -0.25) is 4.79 Å². The van der Waals surface area contributed by atoms with Crippen LogP contribution in [0.1, 0.15) is 32.1 Å². The quantitative estimate of drug-likeness (QED) is 0.725. The molecule has 1 aromatic heterocycles. The minimum absolute atomic E-state index is 0.0117. The Labute approximate surface area is 160 Å². The third-order valence-electron chi connectivity index (χ3n) is 5.50. The van der Waals surface area contributed by atoms with E-state index in [0.717, 1.165) is 50.5 Å². The number of amides is 1. The number of carbonyl (C=O) groups is 1. The topological polar surface area (TPSA) is 64.1 Å². The minimum atomic E-state index is 0.0117. The van der Waals surface area contributed by atoms with E-state index in [1.54, 1.807) is 0 Å². The van der Waals surface area contributed by atoms with Crippen molar-refractivity contribution >= 4 is 11.7 Å². The number of ether oxygens (including phenoxy) is 3. The van der Waals surface area contributed by atoms with Crippen molar-refractivity contribution in [1.29, 1.82) is 0 Å². The van der Waals surface area contributed by atoms with Gasteiger partial charge in [-0.1, -0.05) is 0 Å². The van der Waals surface area contributed by atoms with Gasteiger partial charge in [-0.25, -0.2) is 4.98 Å². The maximum Gasteiger partial charge on any atom is 0.248 e. The first-order chi connectivity index (χ1) is 13.3. The predicted molar refractivity (Wildman–Crippen MR) is 101 cm³/mol. The lowest BCUT2D eigenvalue weighted by Gasteiger charge is -2.22. The summed E-state index contributed by atoms with van der Waals surface area (Å²) in [6.07, 6.45) is 7.34. The Morgan fingerprint density at radius 1 is 1.22 bits per heavy atom. The zero-order valence-corrected chi connectivity index (χ0v) is 15.8. The molecular formula is C20H29N3O4. The standard InChI is InChI=1S/C20H29N3O4/c24-19(15-25-14-17-5-4-12-26-17)23-11-7-16(13-23)27-18-6-3-8-21-20(18)22-9-1-2-10-22/h3,6,8,16-17H,1-2,4-5,7,9-15H2/t16-,17+/m1/s1. The number of nitrogens with zero attached hydrogens (tertiary/aromatic N) is 3. The summed E-state index contributed by atoms with van der Waals surface area (Å²) in [5.41, 5.74) is 0. The van der Waals surface area contributed by atoms with E-state index in [1.807, 2.05) is 23.2 Å². The van der Waals surface area contributed by atoms with Crippen molar-refractivity contribution in [1.82, 2.24) is 9.88 Å². The van der Waals surface area contributed by atoms with Gasteiger partial charge >= 0.3 is 0 Å². The zero-order chi connectivity index (χ0) is 18.5. The fourth-order valence-electron chi connectivity index (χ4n) is 4.02. The number of rotatable bonds is 7. The molecule has 7 heteroatoms. The molecule has 1 aromatic rings. The molecule has 0 unspecified atom stereocenters. The van der Waals surface area contributed by atoms with Crippen LogP contribution in [0.4, 0.5) is 5.82 Å². The number of hydrogen-bond acceptors (Lipinski definition) is 6. The molecule has 0 radical (unpaired) electrons. The molecule has 3 saturated heterocycles. The molecule has 148 valence electrons.